The number of carbonyl (C=O) groups excluding carboxylic acids is 1. The van der Waals surface area contributed by atoms with Crippen molar-refractivity contribution in [2.75, 3.05) is 0 Å². The van der Waals surface area contributed by atoms with E-state index in [4.69, 9.17) is 5.11 Å². The lowest BCUT2D eigenvalue weighted by molar-refractivity contribution is -0.149. The maximum absolute atomic E-state index is 11.6. The molecule has 0 unspecified atom stereocenters. The van der Waals surface area contributed by atoms with Crippen LogP contribution in [0, 0.1) is 12.3 Å². The monoisotopic (exact) mass is 256 g/mol. The van der Waals surface area contributed by atoms with Crippen LogP contribution < -0.4 is 5.32 Å². The zero-order valence-electron chi connectivity index (χ0n) is 10.1. The minimum Gasteiger partial charge on any atom is -0.481 e. The van der Waals surface area contributed by atoms with E-state index in [1.54, 1.807) is 6.20 Å². The summed E-state index contributed by atoms with van der Waals surface area (Å²) in [7, 11) is 0. The van der Waals surface area contributed by atoms with Crippen LogP contribution in [-0.2, 0) is 16.1 Å². The molecule has 94 valence electrons. The van der Waals surface area contributed by atoms with Crippen molar-refractivity contribution in [3.05, 3.63) is 16.1 Å². The number of aliphatic carboxylic acids is 1. The van der Waals surface area contributed by atoms with Crippen LogP contribution in [0.3, 0.4) is 0 Å². The van der Waals surface area contributed by atoms with Gasteiger partial charge in [0.1, 0.15) is 0 Å². The number of aryl methyl sites for hydroxylation is 1. The van der Waals surface area contributed by atoms with Gasteiger partial charge >= 0.3 is 5.97 Å². The van der Waals surface area contributed by atoms with Gasteiger partial charge in [-0.15, -0.1) is 11.3 Å². The molecule has 0 spiro atoms. The van der Waals surface area contributed by atoms with E-state index in [2.05, 4.69) is 10.3 Å². The summed E-state index contributed by atoms with van der Waals surface area (Å²) in [4.78, 5) is 27.4. The molecule has 0 aromatic carbocycles. The fourth-order valence-corrected chi connectivity index (χ4v) is 1.95. The predicted molar refractivity (Wildman–Crippen MR) is 64.7 cm³/mol. The summed E-state index contributed by atoms with van der Waals surface area (Å²) in [5, 5.41) is 12.5. The number of thiazole rings is 1. The third-order valence-electron chi connectivity index (χ3n) is 2.31. The third-order valence-corrected chi connectivity index (χ3v) is 3.22. The number of carboxylic acids is 1. The molecule has 0 bridgehead atoms. The Balaban J connectivity index is 2.43. The molecular formula is C11H16N2O3S. The predicted octanol–water partition coefficient (Wildman–Crippen LogP) is 1.57. The number of nitrogens with zero attached hydrogens (tertiary/aromatic N) is 1. The molecule has 1 heterocycles. The van der Waals surface area contributed by atoms with Gasteiger partial charge in [0.15, 0.2) is 0 Å². The molecule has 2 N–H and O–H groups in total. The van der Waals surface area contributed by atoms with E-state index in [0.29, 0.717) is 6.54 Å². The zero-order valence-corrected chi connectivity index (χ0v) is 10.9. The van der Waals surface area contributed by atoms with Crippen molar-refractivity contribution in [3.8, 4) is 0 Å². The number of hydrogen-bond donors (Lipinski definition) is 2. The third kappa shape index (κ3) is 4.14. The number of rotatable bonds is 5. The van der Waals surface area contributed by atoms with Gasteiger partial charge in [-0.05, 0) is 20.8 Å². The molecule has 0 saturated heterocycles. The quantitative estimate of drug-likeness (QED) is 0.838. The first kappa shape index (κ1) is 13.6. The van der Waals surface area contributed by atoms with Crippen LogP contribution >= 0.6 is 11.3 Å². The standard InChI is InChI=1S/C11H16N2O3S/c1-7-12-5-8(17-7)6-13-9(14)4-11(2,3)10(15)16/h5H,4,6H2,1-3H3,(H,13,14)(H,15,16). The van der Waals surface area contributed by atoms with Gasteiger partial charge in [-0.1, -0.05) is 0 Å². The summed E-state index contributed by atoms with van der Waals surface area (Å²) in [6.07, 6.45) is 1.68. The van der Waals surface area contributed by atoms with Gasteiger partial charge in [0.2, 0.25) is 5.91 Å². The summed E-state index contributed by atoms with van der Waals surface area (Å²) in [5.74, 6) is -1.23. The van der Waals surface area contributed by atoms with Gasteiger partial charge < -0.3 is 10.4 Å². The van der Waals surface area contributed by atoms with Crippen molar-refractivity contribution < 1.29 is 14.7 Å². The van der Waals surface area contributed by atoms with Crippen LogP contribution in [0.4, 0.5) is 0 Å². The molecule has 0 aliphatic carbocycles. The number of hydrogen-bond acceptors (Lipinski definition) is 4. The number of nitrogens with one attached hydrogen (secondary N) is 1. The summed E-state index contributed by atoms with van der Waals surface area (Å²) in [6.45, 7) is 5.36. The topological polar surface area (TPSA) is 79.3 Å². The van der Waals surface area contributed by atoms with Gasteiger partial charge in [0, 0.05) is 17.5 Å². The lowest BCUT2D eigenvalue weighted by Gasteiger charge is -2.17. The second kappa shape index (κ2) is 5.27. The molecule has 5 nitrogen and oxygen atoms in total. The van der Waals surface area contributed by atoms with Gasteiger partial charge in [0.05, 0.1) is 17.0 Å². The van der Waals surface area contributed by atoms with E-state index in [-0.39, 0.29) is 12.3 Å². The molecule has 0 aliphatic heterocycles. The summed E-state index contributed by atoms with van der Waals surface area (Å²) >= 11 is 1.51. The fraction of sp³-hybridized carbons (Fsp3) is 0.545. The van der Waals surface area contributed by atoms with Crippen LogP contribution in [0.15, 0.2) is 6.20 Å². The van der Waals surface area contributed by atoms with Crippen molar-refractivity contribution in [2.45, 2.75) is 33.7 Å². The molecule has 0 fully saturated rings. The van der Waals surface area contributed by atoms with Crippen molar-refractivity contribution in [1.82, 2.24) is 10.3 Å². The van der Waals surface area contributed by atoms with Crippen molar-refractivity contribution in [1.29, 1.82) is 0 Å². The molecule has 17 heavy (non-hydrogen) atoms. The van der Waals surface area contributed by atoms with Gasteiger partial charge in [0.25, 0.3) is 0 Å². The van der Waals surface area contributed by atoms with Crippen LogP contribution in [0.25, 0.3) is 0 Å². The Morgan fingerprint density at radius 1 is 1.53 bits per heavy atom. The Kier molecular flexibility index (Phi) is 4.22. The first-order valence-electron chi connectivity index (χ1n) is 5.22. The normalized spacial score (nSPS) is 11.2. The van der Waals surface area contributed by atoms with Gasteiger partial charge in [-0.3, -0.25) is 9.59 Å². The van der Waals surface area contributed by atoms with Crippen LogP contribution in [-0.4, -0.2) is 22.0 Å². The Morgan fingerprint density at radius 2 is 2.18 bits per heavy atom. The average Bonchev–Trinajstić information content (AvgIpc) is 2.60. The highest BCUT2D eigenvalue weighted by atomic mass is 32.1. The SMILES string of the molecule is Cc1ncc(CNC(=O)CC(C)(C)C(=O)O)s1. The molecule has 1 rings (SSSR count). The molecule has 0 saturated carbocycles. The van der Waals surface area contributed by atoms with Crippen molar-refractivity contribution in [2.24, 2.45) is 5.41 Å². The van der Waals surface area contributed by atoms with E-state index >= 15 is 0 Å². The molecule has 6 heteroatoms. The summed E-state index contributed by atoms with van der Waals surface area (Å²) in [5.41, 5.74) is -1.03. The Hall–Kier alpha value is -1.43. The van der Waals surface area contributed by atoms with E-state index in [1.807, 2.05) is 6.92 Å². The second-order valence-corrected chi connectivity index (χ2v) is 5.81. The zero-order chi connectivity index (χ0) is 13.1. The highest BCUT2D eigenvalue weighted by Gasteiger charge is 2.29. The first-order chi connectivity index (χ1) is 7.81. The number of amides is 1. The van der Waals surface area contributed by atoms with Crippen LogP contribution in [0.5, 0.6) is 0 Å². The lowest BCUT2D eigenvalue weighted by atomic mass is 9.89. The molecule has 1 amide bonds. The number of carbonyl (C=O) groups is 2. The summed E-state index contributed by atoms with van der Waals surface area (Å²) < 4.78 is 0. The molecular weight excluding hydrogens is 240 g/mol. The van der Waals surface area contributed by atoms with Gasteiger partial charge in [-0.25, -0.2) is 4.98 Å². The summed E-state index contributed by atoms with van der Waals surface area (Å²) in [6, 6.07) is 0. The molecule has 0 aliphatic rings. The van der Waals surface area contributed by atoms with E-state index < -0.39 is 11.4 Å². The fourth-order valence-electron chi connectivity index (χ4n) is 1.21. The van der Waals surface area contributed by atoms with E-state index in [9.17, 15) is 9.59 Å². The minimum atomic E-state index is -1.03. The largest absolute Gasteiger partial charge is 0.481 e. The smallest absolute Gasteiger partial charge is 0.309 e. The second-order valence-electron chi connectivity index (χ2n) is 4.49. The maximum Gasteiger partial charge on any atom is 0.309 e. The van der Waals surface area contributed by atoms with E-state index in [1.165, 1.54) is 25.2 Å². The first-order valence-corrected chi connectivity index (χ1v) is 6.04. The van der Waals surface area contributed by atoms with Gasteiger partial charge in [-0.2, -0.15) is 0 Å². The Morgan fingerprint density at radius 3 is 2.65 bits per heavy atom. The van der Waals surface area contributed by atoms with Crippen LogP contribution in [0.2, 0.25) is 0 Å². The average molecular weight is 256 g/mol. The van der Waals surface area contributed by atoms with Crippen molar-refractivity contribution in [3.63, 3.8) is 0 Å². The minimum absolute atomic E-state index is 0.0277. The lowest BCUT2D eigenvalue weighted by Crippen LogP contribution is -2.32. The van der Waals surface area contributed by atoms with Crippen molar-refractivity contribution >= 4 is 23.2 Å². The molecule has 1 aromatic rings. The number of aromatic nitrogens is 1. The Bertz CT molecular complexity index is 426. The highest BCUT2D eigenvalue weighted by Crippen LogP contribution is 2.20. The molecule has 1 aromatic heterocycles. The number of carboxylic acid groups (broad SMARTS) is 1. The van der Waals surface area contributed by atoms with E-state index in [0.717, 1.165) is 9.88 Å². The highest BCUT2D eigenvalue weighted by molar-refractivity contribution is 7.11. The maximum atomic E-state index is 11.6. The molecule has 0 radical (unpaired) electrons. The van der Waals surface area contributed by atoms with Crippen LogP contribution in [0.1, 0.15) is 30.2 Å². The molecule has 0 atom stereocenters. The Labute approximate surface area is 104 Å².